The molecule has 1 aliphatic carbocycles. The molecule has 0 aromatic heterocycles. The van der Waals surface area contributed by atoms with Crippen LogP contribution in [0.4, 0.5) is 0 Å². The van der Waals surface area contributed by atoms with Gasteiger partial charge in [-0.3, -0.25) is 0 Å². The summed E-state index contributed by atoms with van der Waals surface area (Å²) in [5.74, 6) is 1.80. The van der Waals surface area contributed by atoms with Crippen LogP contribution in [0.5, 0.6) is 0 Å². The monoisotopic (exact) mass is 170 g/mol. The van der Waals surface area contributed by atoms with Crippen molar-refractivity contribution < 1.29 is 5.11 Å². The summed E-state index contributed by atoms with van der Waals surface area (Å²) in [4.78, 5) is 0. The Hall–Kier alpha value is -0.0400. The van der Waals surface area contributed by atoms with Crippen LogP contribution < -0.4 is 0 Å². The molecule has 1 aliphatic rings. The van der Waals surface area contributed by atoms with E-state index in [1.165, 1.54) is 32.1 Å². The van der Waals surface area contributed by atoms with Gasteiger partial charge in [0.25, 0.3) is 0 Å². The first-order valence-corrected chi connectivity index (χ1v) is 5.38. The largest absolute Gasteiger partial charge is 0.393 e. The fraction of sp³-hybridized carbons (Fsp3) is 1.00. The van der Waals surface area contributed by atoms with Gasteiger partial charge in [0.15, 0.2) is 0 Å². The standard InChI is InChI=1S/C11H22O/c1-9-5-3-4-6-11(9)8-7-10(2)12/h9-12H,3-8H2,1-2H3. The molecule has 1 fully saturated rings. The van der Waals surface area contributed by atoms with Gasteiger partial charge in [0, 0.05) is 0 Å². The Balaban J connectivity index is 2.20. The van der Waals surface area contributed by atoms with Gasteiger partial charge in [-0.05, 0) is 31.6 Å². The molecule has 72 valence electrons. The lowest BCUT2D eigenvalue weighted by Crippen LogP contribution is -2.18. The Morgan fingerprint density at radius 1 is 1.33 bits per heavy atom. The van der Waals surface area contributed by atoms with Gasteiger partial charge < -0.3 is 5.11 Å². The second-order valence-electron chi connectivity index (χ2n) is 4.45. The summed E-state index contributed by atoms with van der Waals surface area (Å²) in [5, 5.41) is 9.17. The van der Waals surface area contributed by atoms with Gasteiger partial charge in [0.1, 0.15) is 0 Å². The van der Waals surface area contributed by atoms with Crippen LogP contribution in [-0.4, -0.2) is 11.2 Å². The first-order valence-electron chi connectivity index (χ1n) is 5.38. The summed E-state index contributed by atoms with van der Waals surface area (Å²) in [6.07, 6.45) is 7.77. The van der Waals surface area contributed by atoms with Gasteiger partial charge in [0.05, 0.1) is 6.10 Å². The number of hydrogen-bond acceptors (Lipinski definition) is 1. The maximum Gasteiger partial charge on any atom is 0.0512 e. The molecular weight excluding hydrogens is 148 g/mol. The first-order chi connectivity index (χ1) is 5.70. The first kappa shape index (κ1) is 10.0. The molecule has 0 saturated heterocycles. The highest BCUT2D eigenvalue weighted by Gasteiger charge is 2.20. The van der Waals surface area contributed by atoms with Crippen molar-refractivity contribution in [1.82, 2.24) is 0 Å². The summed E-state index contributed by atoms with van der Waals surface area (Å²) in [6, 6.07) is 0. The van der Waals surface area contributed by atoms with Crippen LogP contribution >= 0.6 is 0 Å². The molecule has 0 aliphatic heterocycles. The van der Waals surface area contributed by atoms with Crippen molar-refractivity contribution in [2.75, 3.05) is 0 Å². The molecule has 0 aromatic carbocycles. The van der Waals surface area contributed by atoms with Gasteiger partial charge in [0.2, 0.25) is 0 Å². The van der Waals surface area contributed by atoms with Crippen molar-refractivity contribution in [3.63, 3.8) is 0 Å². The van der Waals surface area contributed by atoms with E-state index in [4.69, 9.17) is 5.11 Å². The van der Waals surface area contributed by atoms with Gasteiger partial charge in [-0.15, -0.1) is 0 Å². The molecule has 0 bridgehead atoms. The zero-order valence-electron chi connectivity index (χ0n) is 8.42. The zero-order valence-corrected chi connectivity index (χ0v) is 8.42. The van der Waals surface area contributed by atoms with Crippen LogP contribution in [-0.2, 0) is 0 Å². The van der Waals surface area contributed by atoms with Crippen LogP contribution in [0.15, 0.2) is 0 Å². The summed E-state index contributed by atoms with van der Waals surface area (Å²) in [6.45, 7) is 4.26. The summed E-state index contributed by atoms with van der Waals surface area (Å²) >= 11 is 0. The van der Waals surface area contributed by atoms with Gasteiger partial charge in [-0.25, -0.2) is 0 Å². The Morgan fingerprint density at radius 2 is 2.00 bits per heavy atom. The molecule has 3 atom stereocenters. The van der Waals surface area contributed by atoms with Crippen molar-refractivity contribution >= 4 is 0 Å². The molecule has 0 spiro atoms. The third kappa shape index (κ3) is 3.14. The SMILES string of the molecule is CC(O)CCC1CCCCC1C. The van der Waals surface area contributed by atoms with E-state index in [9.17, 15) is 0 Å². The fourth-order valence-corrected chi connectivity index (χ4v) is 2.28. The van der Waals surface area contributed by atoms with Crippen molar-refractivity contribution in [3.05, 3.63) is 0 Å². The fourth-order valence-electron chi connectivity index (χ4n) is 2.28. The smallest absolute Gasteiger partial charge is 0.0512 e. The van der Waals surface area contributed by atoms with Crippen molar-refractivity contribution in [2.24, 2.45) is 11.8 Å². The normalized spacial score (nSPS) is 33.2. The minimum Gasteiger partial charge on any atom is -0.393 e. The van der Waals surface area contributed by atoms with E-state index in [1.54, 1.807) is 0 Å². The van der Waals surface area contributed by atoms with E-state index in [1.807, 2.05) is 6.92 Å². The van der Waals surface area contributed by atoms with Crippen LogP contribution in [0, 0.1) is 11.8 Å². The number of aliphatic hydroxyl groups excluding tert-OH is 1. The second kappa shape index (κ2) is 4.86. The van der Waals surface area contributed by atoms with E-state index >= 15 is 0 Å². The summed E-state index contributed by atoms with van der Waals surface area (Å²) < 4.78 is 0. The highest BCUT2D eigenvalue weighted by atomic mass is 16.3. The summed E-state index contributed by atoms with van der Waals surface area (Å²) in [7, 11) is 0. The van der Waals surface area contributed by atoms with Crippen molar-refractivity contribution in [2.45, 2.75) is 58.5 Å². The second-order valence-corrected chi connectivity index (χ2v) is 4.45. The van der Waals surface area contributed by atoms with Gasteiger partial charge >= 0.3 is 0 Å². The maximum absolute atomic E-state index is 9.17. The van der Waals surface area contributed by atoms with E-state index in [0.717, 1.165) is 18.3 Å². The molecule has 0 amide bonds. The zero-order chi connectivity index (χ0) is 8.97. The van der Waals surface area contributed by atoms with E-state index in [0.29, 0.717) is 0 Å². The molecule has 1 rings (SSSR count). The van der Waals surface area contributed by atoms with Gasteiger partial charge in [-0.2, -0.15) is 0 Å². The van der Waals surface area contributed by atoms with Crippen LogP contribution in [0.2, 0.25) is 0 Å². The lowest BCUT2D eigenvalue weighted by Gasteiger charge is -2.28. The highest BCUT2D eigenvalue weighted by Crippen LogP contribution is 2.32. The van der Waals surface area contributed by atoms with Crippen molar-refractivity contribution in [3.8, 4) is 0 Å². The molecule has 0 aromatic rings. The Kier molecular flexibility index (Phi) is 4.07. The van der Waals surface area contributed by atoms with Crippen LogP contribution in [0.3, 0.4) is 0 Å². The Labute approximate surface area is 76.2 Å². The Morgan fingerprint density at radius 3 is 2.58 bits per heavy atom. The van der Waals surface area contributed by atoms with E-state index in [-0.39, 0.29) is 6.10 Å². The predicted molar refractivity (Wildman–Crippen MR) is 52.0 cm³/mol. The molecule has 3 unspecified atom stereocenters. The quantitative estimate of drug-likeness (QED) is 0.690. The molecule has 0 heterocycles. The number of rotatable bonds is 3. The average molecular weight is 170 g/mol. The Bertz CT molecular complexity index is 120. The number of aliphatic hydroxyl groups is 1. The van der Waals surface area contributed by atoms with Crippen LogP contribution in [0.1, 0.15) is 52.4 Å². The van der Waals surface area contributed by atoms with E-state index in [2.05, 4.69) is 6.92 Å². The molecule has 1 heteroatoms. The highest BCUT2D eigenvalue weighted by molar-refractivity contribution is 4.72. The number of hydrogen-bond donors (Lipinski definition) is 1. The third-order valence-corrected chi connectivity index (χ3v) is 3.24. The molecular formula is C11H22O. The van der Waals surface area contributed by atoms with Gasteiger partial charge in [-0.1, -0.05) is 32.6 Å². The van der Waals surface area contributed by atoms with E-state index < -0.39 is 0 Å². The minimum atomic E-state index is -0.0980. The molecule has 1 N–H and O–H groups in total. The lowest BCUT2D eigenvalue weighted by molar-refractivity contribution is 0.153. The molecule has 12 heavy (non-hydrogen) atoms. The topological polar surface area (TPSA) is 20.2 Å². The lowest BCUT2D eigenvalue weighted by atomic mass is 9.78. The predicted octanol–water partition coefficient (Wildman–Crippen LogP) is 2.97. The summed E-state index contributed by atoms with van der Waals surface area (Å²) in [5.41, 5.74) is 0. The van der Waals surface area contributed by atoms with Crippen LogP contribution in [0.25, 0.3) is 0 Å². The average Bonchev–Trinajstić information content (AvgIpc) is 2.03. The third-order valence-electron chi connectivity index (χ3n) is 3.24. The molecule has 0 radical (unpaired) electrons. The van der Waals surface area contributed by atoms with Crippen molar-refractivity contribution in [1.29, 1.82) is 0 Å². The molecule has 1 saturated carbocycles. The minimum absolute atomic E-state index is 0.0980. The maximum atomic E-state index is 9.17. The molecule has 1 nitrogen and oxygen atoms in total.